The van der Waals surface area contributed by atoms with Crippen molar-refractivity contribution in [3.8, 4) is 17.1 Å². The van der Waals surface area contributed by atoms with Gasteiger partial charge in [0.1, 0.15) is 18.1 Å². The molecule has 8 heteroatoms. The van der Waals surface area contributed by atoms with Crippen molar-refractivity contribution in [2.45, 2.75) is 32.9 Å². The number of aromatic nitrogens is 2. The Balaban J connectivity index is 1.93. The zero-order valence-electron chi connectivity index (χ0n) is 18.3. The Bertz CT molecular complexity index is 1160. The zero-order valence-corrected chi connectivity index (χ0v) is 19.0. The van der Waals surface area contributed by atoms with Gasteiger partial charge in [-0.1, -0.05) is 35.9 Å². The summed E-state index contributed by atoms with van der Waals surface area (Å²) in [6, 6.07) is 14.1. The number of hydrogen-bond donors (Lipinski definition) is 2. The third kappa shape index (κ3) is 5.36. The van der Waals surface area contributed by atoms with Gasteiger partial charge in [0.15, 0.2) is 0 Å². The van der Waals surface area contributed by atoms with Crippen LogP contribution in [-0.2, 0) is 17.8 Å². The highest BCUT2D eigenvalue weighted by Gasteiger charge is 2.19. The summed E-state index contributed by atoms with van der Waals surface area (Å²) in [6.07, 6.45) is 0.164. The van der Waals surface area contributed by atoms with Crippen LogP contribution in [0.15, 0.2) is 53.3 Å². The van der Waals surface area contributed by atoms with Gasteiger partial charge in [-0.05, 0) is 43.7 Å². The van der Waals surface area contributed by atoms with E-state index < -0.39 is 0 Å². The van der Waals surface area contributed by atoms with Gasteiger partial charge in [0.05, 0.1) is 13.2 Å². The number of aliphatic hydroxyl groups excluding tert-OH is 1. The summed E-state index contributed by atoms with van der Waals surface area (Å²) in [5.74, 6) is 0.746. The van der Waals surface area contributed by atoms with Crippen LogP contribution in [0, 0.1) is 6.92 Å². The van der Waals surface area contributed by atoms with Gasteiger partial charge in [-0.15, -0.1) is 0 Å². The molecule has 0 aliphatic heterocycles. The molecule has 2 N–H and O–H groups in total. The highest BCUT2D eigenvalue weighted by molar-refractivity contribution is 6.30. The van der Waals surface area contributed by atoms with Crippen LogP contribution >= 0.6 is 11.6 Å². The molecule has 1 aromatic heterocycles. The molecule has 1 heterocycles. The summed E-state index contributed by atoms with van der Waals surface area (Å²) >= 11 is 6.14. The van der Waals surface area contributed by atoms with E-state index in [0.29, 0.717) is 27.7 Å². The maximum Gasteiger partial charge on any atom is 0.257 e. The van der Waals surface area contributed by atoms with Crippen molar-refractivity contribution in [2.75, 3.05) is 13.7 Å². The van der Waals surface area contributed by atoms with Crippen LogP contribution in [0.3, 0.4) is 0 Å². The minimum Gasteiger partial charge on any atom is -0.497 e. The van der Waals surface area contributed by atoms with E-state index in [1.807, 2.05) is 31.2 Å². The number of nitrogens with one attached hydrogen (secondary N) is 1. The zero-order chi connectivity index (χ0) is 23.3. The van der Waals surface area contributed by atoms with E-state index in [-0.39, 0.29) is 37.1 Å². The largest absolute Gasteiger partial charge is 0.497 e. The second-order valence-corrected chi connectivity index (χ2v) is 7.87. The molecule has 0 aliphatic carbocycles. The highest BCUT2D eigenvalue weighted by atomic mass is 35.5. The van der Waals surface area contributed by atoms with Crippen LogP contribution in [0.4, 0.5) is 0 Å². The van der Waals surface area contributed by atoms with Crippen molar-refractivity contribution in [3.63, 3.8) is 0 Å². The summed E-state index contributed by atoms with van der Waals surface area (Å²) in [5, 5.41) is 12.8. The highest BCUT2D eigenvalue weighted by Crippen LogP contribution is 2.22. The van der Waals surface area contributed by atoms with E-state index >= 15 is 0 Å². The first-order chi connectivity index (χ1) is 15.3. The van der Waals surface area contributed by atoms with Crippen LogP contribution in [0.2, 0.25) is 5.02 Å². The number of aryl methyl sites for hydroxylation is 1. The molecule has 3 aromatic rings. The Morgan fingerprint density at radius 3 is 2.59 bits per heavy atom. The minimum atomic E-state index is -0.353. The van der Waals surface area contributed by atoms with E-state index in [1.54, 1.807) is 38.3 Å². The first-order valence-electron chi connectivity index (χ1n) is 10.2. The maximum atomic E-state index is 13.2. The van der Waals surface area contributed by atoms with Crippen LogP contribution in [0.1, 0.15) is 29.8 Å². The molecule has 0 spiro atoms. The molecule has 0 unspecified atom stereocenters. The lowest BCUT2D eigenvalue weighted by molar-refractivity contribution is -0.122. The Hall–Kier alpha value is -3.16. The topological polar surface area (TPSA) is 93.4 Å². The molecule has 0 bridgehead atoms. The fourth-order valence-corrected chi connectivity index (χ4v) is 3.69. The number of aliphatic hydroxyl groups is 1. The normalized spacial score (nSPS) is 11.8. The number of rotatable bonds is 8. The van der Waals surface area contributed by atoms with Gasteiger partial charge in [0.2, 0.25) is 5.91 Å². The molecule has 2 aromatic carbocycles. The summed E-state index contributed by atoms with van der Waals surface area (Å²) in [6.45, 7) is 3.18. The molecule has 32 heavy (non-hydrogen) atoms. The second-order valence-electron chi connectivity index (χ2n) is 7.44. The fraction of sp³-hybridized carbons (Fsp3) is 0.292. The number of methoxy groups -OCH3 is 1. The van der Waals surface area contributed by atoms with Gasteiger partial charge >= 0.3 is 0 Å². The standard InChI is InChI=1S/C24H26ClN3O4/c1-15(17-7-9-20(32-3)10-8-17)26-22(30)14-28-23(18-5-4-6-19(25)13-18)27-16(2)21(11-12-29)24(28)31/h4-10,13,15,29H,11-12,14H2,1-3H3,(H,26,30)/t15-/m0/s1. The fourth-order valence-electron chi connectivity index (χ4n) is 3.50. The number of halogens is 1. The summed E-state index contributed by atoms with van der Waals surface area (Å²) in [7, 11) is 1.59. The predicted molar refractivity (Wildman–Crippen MR) is 124 cm³/mol. The SMILES string of the molecule is COc1ccc([C@H](C)NC(=O)Cn2c(-c3cccc(Cl)c3)nc(C)c(CCO)c2=O)cc1. The molecule has 0 aliphatic rings. The number of carbonyl (C=O) groups excluding carboxylic acids is 1. The van der Waals surface area contributed by atoms with Crippen molar-refractivity contribution in [1.29, 1.82) is 0 Å². The first kappa shape index (κ1) is 23.5. The molecule has 7 nitrogen and oxygen atoms in total. The Morgan fingerprint density at radius 1 is 1.25 bits per heavy atom. The van der Waals surface area contributed by atoms with Crippen molar-refractivity contribution in [2.24, 2.45) is 0 Å². The Kier molecular flexibility index (Phi) is 7.66. The van der Waals surface area contributed by atoms with Crippen molar-refractivity contribution < 1.29 is 14.6 Å². The first-order valence-corrected chi connectivity index (χ1v) is 10.6. The van der Waals surface area contributed by atoms with E-state index in [9.17, 15) is 14.7 Å². The van der Waals surface area contributed by atoms with Crippen molar-refractivity contribution in [1.82, 2.24) is 14.9 Å². The van der Waals surface area contributed by atoms with Crippen LogP contribution in [0.5, 0.6) is 5.75 Å². The molecule has 1 atom stereocenters. The molecular formula is C24H26ClN3O4. The molecule has 168 valence electrons. The summed E-state index contributed by atoms with van der Waals surface area (Å²) in [5.41, 5.74) is 2.08. The van der Waals surface area contributed by atoms with Crippen LogP contribution < -0.4 is 15.6 Å². The quantitative estimate of drug-likeness (QED) is 0.543. The number of benzene rings is 2. The number of ether oxygens (including phenoxy) is 1. The molecule has 0 saturated carbocycles. The lowest BCUT2D eigenvalue weighted by atomic mass is 10.1. The minimum absolute atomic E-state index is 0.164. The number of hydrogen-bond acceptors (Lipinski definition) is 5. The molecule has 1 amide bonds. The summed E-state index contributed by atoms with van der Waals surface area (Å²) in [4.78, 5) is 30.7. The van der Waals surface area contributed by atoms with Gasteiger partial charge in [-0.2, -0.15) is 0 Å². The van der Waals surface area contributed by atoms with Crippen molar-refractivity contribution in [3.05, 3.63) is 80.7 Å². The monoisotopic (exact) mass is 455 g/mol. The van der Waals surface area contributed by atoms with E-state index in [2.05, 4.69) is 10.3 Å². The Morgan fingerprint density at radius 2 is 1.97 bits per heavy atom. The van der Waals surface area contributed by atoms with Gasteiger partial charge < -0.3 is 15.2 Å². The van der Waals surface area contributed by atoms with Crippen LogP contribution in [0.25, 0.3) is 11.4 Å². The number of nitrogens with zero attached hydrogens (tertiary/aromatic N) is 2. The average molecular weight is 456 g/mol. The van der Waals surface area contributed by atoms with Gasteiger partial charge in [-0.25, -0.2) is 4.98 Å². The molecular weight excluding hydrogens is 430 g/mol. The smallest absolute Gasteiger partial charge is 0.257 e. The van der Waals surface area contributed by atoms with Gasteiger partial charge in [0.25, 0.3) is 5.56 Å². The Labute approximate surface area is 191 Å². The molecule has 0 saturated heterocycles. The van der Waals surface area contributed by atoms with Crippen molar-refractivity contribution >= 4 is 17.5 Å². The number of carbonyl (C=O) groups is 1. The predicted octanol–water partition coefficient (Wildman–Crippen LogP) is 3.29. The van der Waals surface area contributed by atoms with E-state index in [0.717, 1.165) is 11.3 Å². The van der Waals surface area contributed by atoms with Crippen LogP contribution in [-0.4, -0.2) is 34.3 Å². The number of amides is 1. The van der Waals surface area contributed by atoms with Gasteiger partial charge in [-0.3, -0.25) is 14.2 Å². The summed E-state index contributed by atoms with van der Waals surface area (Å²) < 4.78 is 6.50. The average Bonchev–Trinajstić information content (AvgIpc) is 2.78. The van der Waals surface area contributed by atoms with E-state index in [1.165, 1.54) is 4.57 Å². The molecule has 3 rings (SSSR count). The second kappa shape index (κ2) is 10.4. The van der Waals surface area contributed by atoms with E-state index in [4.69, 9.17) is 16.3 Å². The third-order valence-electron chi connectivity index (χ3n) is 5.21. The third-order valence-corrected chi connectivity index (χ3v) is 5.44. The lowest BCUT2D eigenvalue weighted by Crippen LogP contribution is -2.36. The molecule has 0 fully saturated rings. The van der Waals surface area contributed by atoms with Gasteiger partial charge in [0, 0.05) is 34.9 Å². The molecule has 0 radical (unpaired) electrons. The maximum absolute atomic E-state index is 13.2. The lowest BCUT2D eigenvalue weighted by Gasteiger charge is -2.18.